The van der Waals surface area contributed by atoms with E-state index in [2.05, 4.69) is 27.2 Å². The minimum atomic E-state index is 0.0433. The van der Waals surface area contributed by atoms with Crippen LogP contribution in [0.2, 0.25) is 0 Å². The molecule has 0 aromatic heterocycles. The van der Waals surface area contributed by atoms with Gasteiger partial charge in [-0.1, -0.05) is 0 Å². The van der Waals surface area contributed by atoms with Crippen LogP contribution in [-0.4, -0.2) is 67.9 Å². The molecule has 1 N–H and O–H groups in total. The van der Waals surface area contributed by atoms with Crippen molar-refractivity contribution in [1.29, 1.82) is 0 Å². The first-order valence-corrected chi connectivity index (χ1v) is 8.81. The van der Waals surface area contributed by atoms with Gasteiger partial charge in [-0.15, -0.1) is 0 Å². The molecule has 2 aliphatic rings. The molecule has 0 saturated carbocycles. The van der Waals surface area contributed by atoms with E-state index in [0.29, 0.717) is 6.42 Å². The number of amides is 2. The van der Waals surface area contributed by atoms with E-state index in [4.69, 9.17) is 0 Å². The number of carbonyl (C=O) groups is 2. The summed E-state index contributed by atoms with van der Waals surface area (Å²) in [6.45, 7) is 6.19. The molecular weight excluding hydrogens is 304 g/mol. The van der Waals surface area contributed by atoms with Gasteiger partial charge < -0.3 is 15.1 Å². The van der Waals surface area contributed by atoms with Crippen molar-refractivity contribution in [2.45, 2.75) is 19.3 Å². The van der Waals surface area contributed by atoms with Crippen LogP contribution in [0.4, 0.5) is 11.4 Å². The molecule has 1 aromatic rings. The monoisotopic (exact) mass is 330 g/mol. The van der Waals surface area contributed by atoms with Gasteiger partial charge in [0.15, 0.2) is 0 Å². The Kier molecular flexibility index (Phi) is 5.69. The molecule has 1 aromatic carbocycles. The van der Waals surface area contributed by atoms with Crippen LogP contribution in [0.15, 0.2) is 24.3 Å². The molecule has 2 heterocycles. The van der Waals surface area contributed by atoms with Crippen molar-refractivity contribution in [3.8, 4) is 0 Å². The Morgan fingerprint density at radius 3 is 2.29 bits per heavy atom. The molecule has 130 valence electrons. The van der Waals surface area contributed by atoms with Crippen molar-refractivity contribution in [2.24, 2.45) is 0 Å². The molecule has 0 spiro atoms. The number of rotatable bonds is 6. The topological polar surface area (TPSA) is 55.9 Å². The Morgan fingerprint density at radius 2 is 1.67 bits per heavy atom. The fourth-order valence-electron chi connectivity index (χ4n) is 3.31. The van der Waals surface area contributed by atoms with Gasteiger partial charge in [-0.05, 0) is 37.1 Å². The lowest BCUT2D eigenvalue weighted by molar-refractivity contribution is -0.120. The highest BCUT2D eigenvalue weighted by Crippen LogP contribution is 2.22. The highest BCUT2D eigenvalue weighted by Gasteiger charge is 2.16. The molecule has 6 nitrogen and oxygen atoms in total. The van der Waals surface area contributed by atoms with Gasteiger partial charge in [0.2, 0.25) is 12.3 Å². The van der Waals surface area contributed by atoms with Crippen LogP contribution in [0, 0.1) is 0 Å². The SMILES string of the molecule is O=CN1CCN(CCC(=O)Nc2ccc(N3CCCC3)cc2)CC1. The average Bonchev–Trinajstić information content (AvgIpc) is 3.16. The van der Waals surface area contributed by atoms with E-state index >= 15 is 0 Å². The number of anilines is 2. The molecule has 2 aliphatic heterocycles. The van der Waals surface area contributed by atoms with Crippen LogP contribution in [0.5, 0.6) is 0 Å². The zero-order chi connectivity index (χ0) is 16.8. The molecule has 0 bridgehead atoms. The fraction of sp³-hybridized carbons (Fsp3) is 0.556. The largest absolute Gasteiger partial charge is 0.372 e. The Balaban J connectivity index is 1.41. The molecular formula is C18H26N4O2. The Hall–Kier alpha value is -2.08. The van der Waals surface area contributed by atoms with Crippen molar-refractivity contribution in [2.75, 3.05) is 56.0 Å². The standard InChI is InChI=1S/C18H26N4O2/c23-15-21-13-11-20(12-14-21)10-7-18(24)19-16-3-5-17(6-4-16)22-8-1-2-9-22/h3-6,15H,1-2,7-14H2,(H,19,24). The van der Waals surface area contributed by atoms with E-state index in [0.717, 1.165) is 57.9 Å². The smallest absolute Gasteiger partial charge is 0.225 e. The molecule has 0 atom stereocenters. The zero-order valence-electron chi connectivity index (χ0n) is 14.1. The molecule has 2 amide bonds. The summed E-state index contributed by atoms with van der Waals surface area (Å²) >= 11 is 0. The molecule has 2 saturated heterocycles. The fourth-order valence-corrected chi connectivity index (χ4v) is 3.31. The maximum absolute atomic E-state index is 12.1. The van der Waals surface area contributed by atoms with E-state index in [-0.39, 0.29) is 5.91 Å². The Labute approximate surface area is 143 Å². The zero-order valence-corrected chi connectivity index (χ0v) is 14.1. The van der Waals surface area contributed by atoms with E-state index < -0.39 is 0 Å². The first-order valence-electron chi connectivity index (χ1n) is 8.81. The minimum Gasteiger partial charge on any atom is -0.372 e. The second kappa shape index (κ2) is 8.15. The lowest BCUT2D eigenvalue weighted by atomic mass is 10.2. The second-order valence-corrected chi connectivity index (χ2v) is 6.52. The molecule has 24 heavy (non-hydrogen) atoms. The number of hydrogen-bond acceptors (Lipinski definition) is 4. The molecule has 2 fully saturated rings. The van der Waals surface area contributed by atoms with Gasteiger partial charge in [-0.2, -0.15) is 0 Å². The first-order chi connectivity index (χ1) is 11.7. The van der Waals surface area contributed by atoms with Crippen molar-refractivity contribution in [1.82, 2.24) is 9.80 Å². The molecule has 0 radical (unpaired) electrons. The normalized spacial score (nSPS) is 18.7. The van der Waals surface area contributed by atoms with Crippen molar-refractivity contribution >= 4 is 23.7 Å². The third kappa shape index (κ3) is 4.47. The van der Waals surface area contributed by atoms with Gasteiger partial charge in [0.1, 0.15) is 0 Å². The van der Waals surface area contributed by atoms with Gasteiger partial charge in [0, 0.05) is 63.6 Å². The minimum absolute atomic E-state index is 0.0433. The molecule has 0 aliphatic carbocycles. The van der Waals surface area contributed by atoms with Crippen LogP contribution in [0.25, 0.3) is 0 Å². The highest BCUT2D eigenvalue weighted by molar-refractivity contribution is 5.91. The average molecular weight is 330 g/mol. The maximum atomic E-state index is 12.1. The number of carbonyl (C=O) groups excluding carboxylic acids is 2. The summed E-state index contributed by atoms with van der Waals surface area (Å²) in [5.41, 5.74) is 2.09. The lowest BCUT2D eigenvalue weighted by Crippen LogP contribution is -2.46. The predicted octanol–water partition coefficient (Wildman–Crippen LogP) is 1.39. The van der Waals surface area contributed by atoms with Crippen LogP contribution in [-0.2, 0) is 9.59 Å². The summed E-state index contributed by atoms with van der Waals surface area (Å²) < 4.78 is 0. The number of benzene rings is 1. The van der Waals surface area contributed by atoms with Crippen molar-refractivity contribution in [3.05, 3.63) is 24.3 Å². The van der Waals surface area contributed by atoms with Crippen LogP contribution < -0.4 is 10.2 Å². The maximum Gasteiger partial charge on any atom is 0.225 e. The van der Waals surface area contributed by atoms with Crippen LogP contribution in [0.3, 0.4) is 0 Å². The van der Waals surface area contributed by atoms with Gasteiger partial charge in [-0.25, -0.2) is 0 Å². The lowest BCUT2D eigenvalue weighted by Gasteiger charge is -2.32. The van der Waals surface area contributed by atoms with Gasteiger partial charge >= 0.3 is 0 Å². The van der Waals surface area contributed by atoms with Gasteiger partial charge in [-0.3, -0.25) is 14.5 Å². The van der Waals surface area contributed by atoms with Crippen molar-refractivity contribution in [3.63, 3.8) is 0 Å². The number of piperazine rings is 1. The van der Waals surface area contributed by atoms with Gasteiger partial charge in [0.25, 0.3) is 0 Å². The highest BCUT2D eigenvalue weighted by atomic mass is 16.1. The third-order valence-electron chi connectivity index (χ3n) is 4.83. The Bertz CT molecular complexity index is 547. The van der Waals surface area contributed by atoms with Crippen LogP contribution in [0.1, 0.15) is 19.3 Å². The summed E-state index contributed by atoms with van der Waals surface area (Å²) in [6, 6.07) is 8.13. The van der Waals surface area contributed by atoms with Crippen LogP contribution >= 0.6 is 0 Å². The van der Waals surface area contributed by atoms with E-state index in [1.54, 1.807) is 4.90 Å². The summed E-state index contributed by atoms with van der Waals surface area (Å²) in [6.07, 6.45) is 3.91. The van der Waals surface area contributed by atoms with E-state index in [1.165, 1.54) is 18.5 Å². The van der Waals surface area contributed by atoms with E-state index in [9.17, 15) is 9.59 Å². The van der Waals surface area contributed by atoms with Gasteiger partial charge in [0.05, 0.1) is 0 Å². The quantitative estimate of drug-likeness (QED) is 0.801. The molecule has 0 unspecified atom stereocenters. The number of nitrogens with zero attached hydrogens (tertiary/aromatic N) is 3. The summed E-state index contributed by atoms with van der Waals surface area (Å²) in [4.78, 5) is 29.2. The molecule has 6 heteroatoms. The number of hydrogen-bond donors (Lipinski definition) is 1. The Morgan fingerprint density at radius 1 is 1.00 bits per heavy atom. The van der Waals surface area contributed by atoms with E-state index in [1.807, 2.05) is 12.1 Å². The second-order valence-electron chi connectivity index (χ2n) is 6.52. The summed E-state index contributed by atoms with van der Waals surface area (Å²) in [5, 5.41) is 2.97. The molecule has 3 rings (SSSR count). The van der Waals surface area contributed by atoms with Crippen molar-refractivity contribution < 1.29 is 9.59 Å². The third-order valence-corrected chi connectivity index (χ3v) is 4.83. The first kappa shape index (κ1) is 16.8. The predicted molar refractivity (Wildman–Crippen MR) is 95.2 cm³/mol. The summed E-state index contributed by atoms with van der Waals surface area (Å²) in [5.74, 6) is 0.0433. The number of nitrogens with one attached hydrogen (secondary N) is 1. The summed E-state index contributed by atoms with van der Waals surface area (Å²) in [7, 11) is 0.